The molecule has 1 aliphatic rings. The quantitative estimate of drug-likeness (QED) is 0.738. The Balaban J connectivity index is 3.65. The molecule has 1 atom stereocenters. The second kappa shape index (κ2) is 3.67. The molecule has 0 radical (unpaired) electrons. The van der Waals surface area contributed by atoms with E-state index in [2.05, 4.69) is 0 Å². The summed E-state index contributed by atoms with van der Waals surface area (Å²) in [7, 11) is 0. The fourth-order valence-corrected chi connectivity index (χ4v) is 1.84. The number of aliphatic hydroxyl groups excluding tert-OH is 1. The van der Waals surface area contributed by atoms with Gasteiger partial charge in [-0.3, -0.25) is 0 Å². The first-order valence-electron chi connectivity index (χ1n) is 4.64. The monoisotopic (exact) mass is 308 g/mol. The highest BCUT2D eigenvalue weighted by molar-refractivity contribution is 5.19. The van der Waals surface area contributed by atoms with E-state index in [9.17, 15) is 43.9 Å². The van der Waals surface area contributed by atoms with Crippen molar-refractivity contribution in [3.05, 3.63) is 0 Å². The maximum absolute atomic E-state index is 13.0. The first kappa shape index (κ1) is 16.3. The molecule has 1 aliphatic carbocycles. The van der Waals surface area contributed by atoms with Crippen LogP contribution in [0.3, 0.4) is 0 Å². The van der Waals surface area contributed by atoms with Crippen molar-refractivity contribution in [1.82, 2.24) is 0 Å². The molecule has 0 amide bonds. The normalized spacial score (nSPS) is 32.8. The summed E-state index contributed by atoms with van der Waals surface area (Å²) >= 11 is 0. The molecule has 1 saturated carbocycles. The summed E-state index contributed by atoms with van der Waals surface area (Å²) in [5.74, 6) is -37.3. The molecule has 19 heavy (non-hydrogen) atoms. The predicted octanol–water partition coefficient (Wildman–Crippen LogP) is 3.17. The van der Waals surface area contributed by atoms with Gasteiger partial charge in [-0.2, -0.15) is 43.9 Å². The van der Waals surface area contributed by atoms with E-state index in [-0.39, 0.29) is 6.92 Å². The lowest BCUT2D eigenvalue weighted by atomic mass is 9.72. The molecule has 0 aromatic carbocycles. The molecule has 1 nitrogen and oxygen atoms in total. The molecule has 0 heterocycles. The molecular weight excluding hydrogens is 302 g/mol. The zero-order valence-corrected chi connectivity index (χ0v) is 8.88. The van der Waals surface area contributed by atoms with Crippen LogP contribution >= 0.6 is 0 Å². The minimum Gasteiger partial charge on any atom is -0.393 e. The van der Waals surface area contributed by atoms with Gasteiger partial charge in [0.2, 0.25) is 0 Å². The molecule has 0 aromatic rings. The minimum absolute atomic E-state index is 0.0993. The predicted molar refractivity (Wildman–Crippen MR) is 39.9 cm³/mol. The van der Waals surface area contributed by atoms with Gasteiger partial charge in [-0.15, -0.1) is 0 Å². The van der Waals surface area contributed by atoms with E-state index < -0.39 is 41.6 Å². The van der Waals surface area contributed by atoms with Crippen LogP contribution < -0.4 is 0 Å². The first-order valence-corrected chi connectivity index (χ1v) is 4.64. The number of hydrogen-bond donors (Lipinski definition) is 1. The fourth-order valence-electron chi connectivity index (χ4n) is 1.84. The van der Waals surface area contributed by atoms with E-state index in [1.54, 1.807) is 0 Å². The van der Waals surface area contributed by atoms with Crippen LogP contribution in [0.1, 0.15) is 6.92 Å². The highest BCUT2D eigenvalue weighted by Crippen LogP contribution is 2.67. The van der Waals surface area contributed by atoms with Crippen LogP contribution in [0.5, 0.6) is 0 Å². The second-order valence-corrected chi connectivity index (χ2v) is 4.19. The third-order valence-corrected chi connectivity index (χ3v) is 2.89. The van der Waals surface area contributed by atoms with Gasteiger partial charge in [-0.1, -0.05) is 0 Å². The van der Waals surface area contributed by atoms with Gasteiger partial charge in [0.1, 0.15) is 5.92 Å². The third kappa shape index (κ3) is 1.53. The van der Waals surface area contributed by atoms with Gasteiger partial charge in [-0.05, 0) is 6.92 Å². The van der Waals surface area contributed by atoms with Crippen molar-refractivity contribution in [2.24, 2.45) is 5.92 Å². The molecule has 0 spiro atoms. The average molecular weight is 308 g/mol. The Morgan fingerprint density at radius 1 is 0.684 bits per heavy atom. The standard InChI is InChI=1S/C8H6F10O/c1-2(19)3-4(9,10)6(13,14)8(17,18)7(15,16)5(3,11)12/h2-3,19H,1H3. The molecule has 11 heteroatoms. The maximum Gasteiger partial charge on any atom is 0.384 e. The molecule has 1 rings (SSSR count). The van der Waals surface area contributed by atoms with E-state index >= 15 is 0 Å². The summed E-state index contributed by atoms with van der Waals surface area (Å²) in [6.07, 6.45) is -3.07. The van der Waals surface area contributed by atoms with Gasteiger partial charge in [0.15, 0.2) is 0 Å². The van der Waals surface area contributed by atoms with Crippen molar-refractivity contribution >= 4 is 0 Å². The highest BCUT2D eigenvalue weighted by atomic mass is 19.4. The lowest BCUT2D eigenvalue weighted by Gasteiger charge is -2.50. The maximum atomic E-state index is 13.0. The molecule has 1 fully saturated rings. The lowest BCUT2D eigenvalue weighted by Crippen LogP contribution is -2.79. The Morgan fingerprint density at radius 3 is 1.16 bits per heavy atom. The molecular formula is C8H6F10O. The van der Waals surface area contributed by atoms with Crippen LogP contribution in [0.4, 0.5) is 43.9 Å². The van der Waals surface area contributed by atoms with Crippen LogP contribution in [-0.2, 0) is 0 Å². The lowest BCUT2D eigenvalue weighted by molar-refractivity contribution is -0.469. The van der Waals surface area contributed by atoms with Crippen LogP contribution in [-0.4, -0.2) is 40.8 Å². The zero-order chi connectivity index (χ0) is 15.7. The van der Waals surface area contributed by atoms with Crippen molar-refractivity contribution in [3.8, 4) is 0 Å². The Hall–Kier alpha value is -0.740. The third-order valence-electron chi connectivity index (χ3n) is 2.89. The Bertz CT molecular complexity index is 344. The number of halogens is 10. The van der Waals surface area contributed by atoms with Crippen LogP contribution in [0.15, 0.2) is 0 Å². The summed E-state index contributed by atoms with van der Waals surface area (Å²) in [4.78, 5) is 0. The van der Waals surface area contributed by atoms with Crippen molar-refractivity contribution in [3.63, 3.8) is 0 Å². The molecule has 1 unspecified atom stereocenters. The number of alkyl halides is 10. The van der Waals surface area contributed by atoms with Crippen molar-refractivity contribution in [2.75, 3.05) is 0 Å². The van der Waals surface area contributed by atoms with Gasteiger partial charge < -0.3 is 5.11 Å². The first-order chi connectivity index (χ1) is 8.07. The fraction of sp³-hybridized carbons (Fsp3) is 1.00. The molecule has 0 bridgehead atoms. The van der Waals surface area contributed by atoms with Crippen molar-refractivity contribution in [1.29, 1.82) is 0 Å². The van der Waals surface area contributed by atoms with Crippen molar-refractivity contribution < 1.29 is 49.0 Å². The summed E-state index contributed by atoms with van der Waals surface area (Å²) in [6, 6.07) is 0. The largest absolute Gasteiger partial charge is 0.393 e. The molecule has 0 aliphatic heterocycles. The van der Waals surface area contributed by atoms with E-state index in [1.165, 1.54) is 0 Å². The summed E-state index contributed by atoms with van der Waals surface area (Å²) in [6.45, 7) is 0.0993. The smallest absolute Gasteiger partial charge is 0.384 e. The molecule has 114 valence electrons. The van der Waals surface area contributed by atoms with Crippen LogP contribution in [0, 0.1) is 5.92 Å². The minimum atomic E-state index is -6.97. The molecule has 0 saturated heterocycles. The van der Waals surface area contributed by atoms with E-state index in [4.69, 9.17) is 5.11 Å². The van der Waals surface area contributed by atoms with Gasteiger partial charge in [0.05, 0.1) is 6.10 Å². The highest BCUT2D eigenvalue weighted by Gasteiger charge is 2.95. The van der Waals surface area contributed by atoms with Gasteiger partial charge in [0.25, 0.3) is 0 Å². The summed E-state index contributed by atoms with van der Waals surface area (Å²) < 4.78 is 129. The average Bonchev–Trinajstić information content (AvgIpc) is 2.12. The van der Waals surface area contributed by atoms with Gasteiger partial charge in [-0.25, -0.2) is 0 Å². The topological polar surface area (TPSA) is 20.2 Å². The van der Waals surface area contributed by atoms with E-state index in [0.717, 1.165) is 0 Å². The van der Waals surface area contributed by atoms with E-state index in [1.807, 2.05) is 0 Å². The number of rotatable bonds is 1. The second-order valence-electron chi connectivity index (χ2n) is 4.19. The van der Waals surface area contributed by atoms with Gasteiger partial charge in [0, 0.05) is 0 Å². The Kier molecular flexibility index (Phi) is 3.15. The van der Waals surface area contributed by atoms with Crippen LogP contribution in [0.2, 0.25) is 0 Å². The molecule has 0 aromatic heterocycles. The van der Waals surface area contributed by atoms with Crippen molar-refractivity contribution in [2.45, 2.75) is 42.6 Å². The van der Waals surface area contributed by atoms with Crippen LogP contribution in [0.25, 0.3) is 0 Å². The Labute approximate surface area is 98.7 Å². The number of hydrogen-bond acceptors (Lipinski definition) is 1. The SMILES string of the molecule is CC(O)C1C(F)(F)C(F)(F)C(F)(F)C(F)(F)C1(F)F. The van der Waals surface area contributed by atoms with E-state index in [0.29, 0.717) is 0 Å². The summed E-state index contributed by atoms with van der Waals surface area (Å²) in [5.41, 5.74) is 0. The van der Waals surface area contributed by atoms with Gasteiger partial charge >= 0.3 is 29.6 Å². The zero-order valence-electron chi connectivity index (χ0n) is 8.88. The summed E-state index contributed by atoms with van der Waals surface area (Å²) in [5, 5.41) is 8.61. The number of aliphatic hydroxyl groups is 1. The molecule has 1 N–H and O–H groups in total. The Morgan fingerprint density at radius 2 is 0.947 bits per heavy atom.